The molecule has 1 aromatic carbocycles. The van der Waals surface area contributed by atoms with Crippen molar-refractivity contribution >= 4 is 44.0 Å². The molecule has 19 heavy (non-hydrogen) atoms. The smallest absolute Gasteiger partial charge is 0.263 e. The normalized spacial score (nSPS) is 11.1. The summed E-state index contributed by atoms with van der Waals surface area (Å²) >= 11 is 6.57. The molecular weight excluding hydrogens is 380 g/mol. The van der Waals surface area contributed by atoms with E-state index in [9.17, 15) is 5.11 Å². The van der Waals surface area contributed by atoms with Gasteiger partial charge in [-0.3, -0.25) is 0 Å². The van der Waals surface area contributed by atoms with Crippen LogP contribution >= 0.6 is 31.9 Å². The summed E-state index contributed by atoms with van der Waals surface area (Å²) in [7, 11) is 0. The summed E-state index contributed by atoms with van der Waals surface area (Å²) in [5, 5.41) is 21.3. The van der Waals surface area contributed by atoms with Crippen molar-refractivity contribution in [1.29, 1.82) is 0 Å². The van der Waals surface area contributed by atoms with E-state index in [0.29, 0.717) is 21.8 Å². The molecule has 0 aliphatic carbocycles. The number of nitrogens with one attached hydrogen (secondary N) is 1. The van der Waals surface area contributed by atoms with Crippen LogP contribution in [0, 0.1) is 6.92 Å². The lowest BCUT2D eigenvalue weighted by Crippen LogP contribution is -2.13. The van der Waals surface area contributed by atoms with Gasteiger partial charge in [-0.05, 0) is 35.0 Å². The topological polar surface area (TPSA) is 101 Å². The van der Waals surface area contributed by atoms with Gasteiger partial charge < -0.3 is 10.9 Å². The molecule has 0 fully saturated rings. The summed E-state index contributed by atoms with van der Waals surface area (Å²) in [6.07, 6.45) is 1.45. The predicted octanol–water partition coefficient (Wildman–Crippen LogP) is 1.98. The molecule has 0 aliphatic rings. The number of nitrogen functional groups attached to an aromatic ring is 1. The van der Waals surface area contributed by atoms with Gasteiger partial charge in [0, 0.05) is 10.0 Å². The summed E-state index contributed by atoms with van der Waals surface area (Å²) in [6.45, 7) is 1.72. The third kappa shape index (κ3) is 3.04. The Morgan fingerprint density at radius 2 is 2.16 bits per heavy atom. The lowest BCUT2D eigenvalue weighted by atomic mass is 10.2. The number of benzene rings is 1. The molecule has 0 amide bonds. The third-order valence-electron chi connectivity index (χ3n) is 2.29. The van der Waals surface area contributed by atoms with Crippen LogP contribution < -0.4 is 11.3 Å². The van der Waals surface area contributed by atoms with Crippen LogP contribution in [0.5, 0.6) is 5.75 Å². The van der Waals surface area contributed by atoms with Gasteiger partial charge in [-0.15, -0.1) is 10.2 Å². The molecule has 0 saturated heterocycles. The van der Waals surface area contributed by atoms with E-state index in [1.54, 1.807) is 19.1 Å². The van der Waals surface area contributed by atoms with E-state index in [1.807, 2.05) is 0 Å². The van der Waals surface area contributed by atoms with Crippen LogP contribution in [0.25, 0.3) is 0 Å². The zero-order chi connectivity index (χ0) is 14.0. The number of nitrogens with two attached hydrogens (primary N) is 1. The van der Waals surface area contributed by atoms with Gasteiger partial charge in [-0.2, -0.15) is 5.10 Å². The SMILES string of the molecule is Cc1nnc(NN=Cc2cc(Br)cc(Br)c2O)n1N. The van der Waals surface area contributed by atoms with Gasteiger partial charge in [0.15, 0.2) is 5.82 Å². The number of aryl methyl sites for hydroxylation is 1. The molecule has 1 heterocycles. The molecule has 0 aliphatic heterocycles. The molecule has 0 spiro atoms. The molecule has 0 saturated carbocycles. The molecular formula is C10H10Br2N6O. The van der Waals surface area contributed by atoms with Gasteiger partial charge in [0.1, 0.15) is 5.75 Å². The number of phenols is 1. The monoisotopic (exact) mass is 388 g/mol. The molecule has 0 unspecified atom stereocenters. The van der Waals surface area contributed by atoms with Gasteiger partial charge in [0.2, 0.25) is 0 Å². The van der Waals surface area contributed by atoms with Crippen LogP contribution in [-0.4, -0.2) is 26.2 Å². The Morgan fingerprint density at radius 1 is 1.42 bits per heavy atom. The fourth-order valence-corrected chi connectivity index (χ4v) is 2.55. The van der Waals surface area contributed by atoms with Gasteiger partial charge in [0.05, 0.1) is 10.7 Å². The number of hydrogen-bond acceptors (Lipinski definition) is 6. The molecule has 9 heteroatoms. The Labute approximate surface area is 125 Å². The highest BCUT2D eigenvalue weighted by Gasteiger charge is 2.06. The largest absolute Gasteiger partial charge is 0.506 e. The van der Waals surface area contributed by atoms with E-state index < -0.39 is 0 Å². The van der Waals surface area contributed by atoms with Crippen molar-refractivity contribution in [1.82, 2.24) is 14.9 Å². The van der Waals surface area contributed by atoms with Crippen molar-refractivity contribution in [2.75, 3.05) is 11.3 Å². The molecule has 0 atom stereocenters. The summed E-state index contributed by atoms with van der Waals surface area (Å²) in [4.78, 5) is 0. The first-order valence-electron chi connectivity index (χ1n) is 5.13. The Kier molecular flexibility index (Phi) is 4.05. The standard InChI is InChI=1S/C10H10Br2N6O/c1-5-15-17-10(18(5)13)16-14-4-6-2-7(11)3-8(12)9(6)19/h2-4,19H,13H2,1H3,(H,16,17). The Balaban J connectivity index is 2.18. The highest BCUT2D eigenvalue weighted by molar-refractivity contribution is 9.11. The molecule has 2 rings (SSSR count). The first-order valence-corrected chi connectivity index (χ1v) is 6.72. The summed E-state index contributed by atoms with van der Waals surface area (Å²) < 4.78 is 2.66. The average Bonchev–Trinajstić information content (AvgIpc) is 2.67. The van der Waals surface area contributed by atoms with E-state index in [-0.39, 0.29) is 5.75 Å². The van der Waals surface area contributed by atoms with Crippen LogP contribution in [0.2, 0.25) is 0 Å². The highest BCUT2D eigenvalue weighted by atomic mass is 79.9. The number of anilines is 1. The minimum Gasteiger partial charge on any atom is -0.506 e. The van der Waals surface area contributed by atoms with Crippen LogP contribution in [0.3, 0.4) is 0 Å². The molecule has 100 valence electrons. The minimum absolute atomic E-state index is 0.0964. The van der Waals surface area contributed by atoms with E-state index in [0.717, 1.165) is 4.47 Å². The zero-order valence-electron chi connectivity index (χ0n) is 9.80. The Bertz CT molecular complexity index is 639. The first kappa shape index (κ1) is 13.8. The van der Waals surface area contributed by atoms with Gasteiger partial charge >= 0.3 is 0 Å². The van der Waals surface area contributed by atoms with Crippen LogP contribution in [0.4, 0.5) is 5.95 Å². The number of hydrogen-bond donors (Lipinski definition) is 3. The fourth-order valence-electron chi connectivity index (χ4n) is 1.29. The van der Waals surface area contributed by atoms with Gasteiger partial charge in [-0.1, -0.05) is 15.9 Å². The van der Waals surface area contributed by atoms with E-state index in [1.165, 1.54) is 10.9 Å². The van der Waals surface area contributed by atoms with E-state index >= 15 is 0 Å². The summed E-state index contributed by atoms with van der Waals surface area (Å²) in [6, 6.07) is 3.46. The van der Waals surface area contributed by atoms with Crippen molar-refractivity contribution in [2.45, 2.75) is 6.92 Å². The van der Waals surface area contributed by atoms with Crippen LogP contribution in [0.1, 0.15) is 11.4 Å². The van der Waals surface area contributed by atoms with E-state index in [4.69, 9.17) is 5.84 Å². The van der Waals surface area contributed by atoms with Crippen molar-refractivity contribution in [2.24, 2.45) is 5.10 Å². The Morgan fingerprint density at radius 3 is 2.79 bits per heavy atom. The van der Waals surface area contributed by atoms with Crippen LogP contribution in [0.15, 0.2) is 26.2 Å². The third-order valence-corrected chi connectivity index (χ3v) is 3.35. The second-order valence-electron chi connectivity index (χ2n) is 3.64. The van der Waals surface area contributed by atoms with Crippen molar-refractivity contribution in [3.8, 4) is 5.75 Å². The van der Waals surface area contributed by atoms with Gasteiger partial charge in [-0.25, -0.2) is 10.1 Å². The summed E-state index contributed by atoms with van der Waals surface area (Å²) in [5.74, 6) is 6.62. The quantitative estimate of drug-likeness (QED) is 0.423. The maximum Gasteiger partial charge on any atom is 0.263 e. The molecule has 0 bridgehead atoms. The number of halogens is 2. The highest BCUT2D eigenvalue weighted by Crippen LogP contribution is 2.30. The number of rotatable bonds is 3. The number of aromatic hydroxyl groups is 1. The van der Waals surface area contributed by atoms with Gasteiger partial charge in [0.25, 0.3) is 5.95 Å². The van der Waals surface area contributed by atoms with Crippen molar-refractivity contribution in [3.63, 3.8) is 0 Å². The number of nitrogens with zero attached hydrogens (tertiary/aromatic N) is 4. The lowest BCUT2D eigenvalue weighted by Gasteiger charge is -2.03. The number of aromatic nitrogens is 3. The Hall–Kier alpha value is -1.61. The molecule has 0 radical (unpaired) electrons. The second kappa shape index (κ2) is 5.57. The maximum atomic E-state index is 9.83. The molecule has 4 N–H and O–H groups in total. The van der Waals surface area contributed by atoms with E-state index in [2.05, 4.69) is 52.6 Å². The van der Waals surface area contributed by atoms with Crippen molar-refractivity contribution in [3.05, 3.63) is 32.5 Å². The van der Waals surface area contributed by atoms with Crippen LogP contribution in [-0.2, 0) is 0 Å². The van der Waals surface area contributed by atoms with Crippen molar-refractivity contribution < 1.29 is 5.11 Å². The average molecular weight is 390 g/mol. The molecule has 2 aromatic rings. The lowest BCUT2D eigenvalue weighted by molar-refractivity contribution is 0.471. The molecule has 1 aromatic heterocycles. The number of phenolic OH excluding ortho intramolecular Hbond substituents is 1. The second-order valence-corrected chi connectivity index (χ2v) is 5.41. The minimum atomic E-state index is 0.0964. The fraction of sp³-hybridized carbons (Fsp3) is 0.100. The molecule has 7 nitrogen and oxygen atoms in total. The number of hydrazone groups is 1. The zero-order valence-corrected chi connectivity index (χ0v) is 13.0. The maximum absolute atomic E-state index is 9.83. The summed E-state index contributed by atoms with van der Waals surface area (Å²) in [5.41, 5.74) is 3.18. The first-order chi connectivity index (χ1) is 8.99. The predicted molar refractivity (Wildman–Crippen MR) is 79.6 cm³/mol.